The average molecular weight is 333 g/mol. The van der Waals surface area contributed by atoms with E-state index in [4.69, 9.17) is 15.6 Å². The second kappa shape index (κ2) is 7.59. The van der Waals surface area contributed by atoms with Crippen molar-refractivity contribution in [2.45, 2.75) is 25.1 Å². The summed E-state index contributed by atoms with van der Waals surface area (Å²) in [5.41, 5.74) is 5.17. The molecular formula is C10H18F3N3O4S. The number of hydrogen-bond donors (Lipinski definition) is 4. The van der Waals surface area contributed by atoms with Crippen LogP contribution in [0.4, 0.5) is 13.2 Å². The molecule has 124 valence electrons. The van der Waals surface area contributed by atoms with Gasteiger partial charge in [-0.3, -0.25) is 14.4 Å². The van der Waals surface area contributed by atoms with Gasteiger partial charge in [0.1, 0.15) is 12.0 Å². The summed E-state index contributed by atoms with van der Waals surface area (Å²) in [6.07, 6.45) is -5.88. The summed E-state index contributed by atoms with van der Waals surface area (Å²) in [7, 11) is -2.38. The van der Waals surface area contributed by atoms with Gasteiger partial charge >= 0.3 is 12.1 Å². The number of carboxylic acid groups (broad SMARTS) is 1. The van der Waals surface area contributed by atoms with Crippen molar-refractivity contribution in [1.82, 2.24) is 5.32 Å². The number of nitrogens with one attached hydrogen (secondary N) is 2. The van der Waals surface area contributed by atoms with E-state index < -0.39 is 57.7 Å². The lowest BCUT2D eigenvalue weighted by molar-refractivity contribution is -0.182. The van der Waals surface area contributed by atoms with Gasteiger partial charge in [-0.15, -0.1) is 0 Å². The molecule has 0 fully saturated rings. The van der Waals surface area contributed by atoms with Crippen molar-refractivity contribution in [2.24, 2.45) is 11.7 Å². The predicted octanol–water partition coefficient (Wildman–Crippen LogP) is 0.150. The topological polar surface area (TPSA) is 133 Å². The Morgan fingerprint density at radius 2 is 1.81 bits per heavy atom. The van der Waals surface area contributed by atoms with Gasteiger partial charge in [0.25, 0.3) is 0 Å². The van der Waals surface area contributed by atoms with Crippen molar-refractivity contribution in [3.63, 3.8) is 0 Å². The molecule has 0 aromatic heterocycles. The summed E-state index contributed by atoms with van der Waals surface area (Å²) < 4.78 is 57.1. The third kappa shape index (κ3) is 7.27. The van der Waals surface area contributed by atoms with E-state index in [0.29, 0.717) is 0 Å². The quantitative estimate of drug-likeness (QED) is 0.502. The summed E-state index contributed by atoms with van der Waals surface area (Å²) in [5.74, 6) is -6.04. The van der Waals surface area contributed by atoms with Crippen LogP contribution in [0.25, 0.3) is 0 Å². The molecule has 0 aliphatic heterocycles. The number of carbonyl (C=O) groups is 2. The van der Waals surface area contributed by atoms with Crippen LogP contribution in [0.5, 0.6) is 0 Å². The minimum Gasteiger partial charge on any atom is -0.480 e. The standard InChI is InChI=1S/C10H18F3N3O4S/c1-16-8(17)6(10(11,12)13)2-4-21(15,20)5-3-7(14)9(18)19/h6-7,15H,2-5,14H2,1H3,(H,16,17)(H,18,19)/t6?,7-,21?/m0/s1. The van der Waals surface area contributed by atoms with Crippen molar-refractivity contribution in [1.29, 1.82) is 4.78 Å². The first-order chi connectivity index (χ1) is 9.40. The first-order valence-corrected chi connectivity index (χ1v) is 7.81. The highest BCUT2D eigenvalue weighted by Gasteiger charge is 2.44. The van der Waals surface area contributed by atoms with Crippen LogP contribution >= 0.6 is 0 Å². The van der Waals surface area contributed by atoms with Crippen molar-refractivity contribution in [3.05, 3.63) is 0 Å². The Morgan fingerprint density at radius 1 is 1.33 bits per heavy atom. The SMILES string of the molecule is CNC(=O)C(CCS(=N)(=O)CC[C@H](N)C(=O)O)C(F)(F)F. The molecule has 0 spiro atoms. The second-order valence-electron chi connectivity index (χ2n) is 4.45. The Labute approximate surface area is 120 Å². The van der Waals surface area contributed by atoms with E-state index in [1.165, 1.54) is 0 Å². The summed E-state index contributed by atoms with van der Waals surface area (Å²) in [5, 5.41) is 10.4. The van der Waals surface area contributed by atoms with Gasteiger partial charge in [-0.1, -0.05) is 0 Å². The Kier molecular flexibility index (Phi) is 7.10. The molecule has 0 aliphatic carbocycles. The number of amides is 1. The molecule has 0 saturated heterocycles. The highest BCUT2D eigenvalue weighted by Crippen LogP contribution is 2.29. The summed E-state index contributed by atoms with van der Waals surface area (Å²) in [6, 6.07) is -1.33. The largest absolute Gasteiger partial charge is 0.480 e. The van der Waals surface area contributed by atoms with E-state index in [1.807, 2.05) is 5.32 Å². The maximum absolute atomic E-state index is 12.6. The van der Waals surface area contributed by atoms with Gasteiger partial charge in [-0.05, 0) is 12.8 Å². The zero-order valence-corrected chi connectivity index (χ0v) is 12.1. The number of hydrogen-bond acceptors (Lipinski definition) is 5. The number of nitrogens with two attached hydrogens (primary N) is 1. The molecule has 0 saturated carbocycles. The van der Waals surface area contributed by atoms with Gasteiger partial charge < -0.3 is 16.2 Å². The number of carboxylic acids is 1. The molecule has 11 heteroatoms. The molecule has 0 radical (unpaired) electrons. The van der Waals surface area contributed by atoms with Crippen LogP contribution in [0.1, 0.15) is 12.8 Å². The lowest BCUT2D eigenvalue weighted by Crippen LogP contribution is -2.39. The molecule has 5 N–H and O–H groups in total. The number of rotatable bonds is 8. The first-order valence-electron chi connectivity index (χ1n) is 5.91. The molecule has 1 amide bonds. The molecule has 0 bridgehead atoms. The Hall–Kier alpha value is -1.36. The van der Waals surface area contributed by atoms with Crippen LogP contribution in [0.2, 0.25) is 0 Å². The fraction of sp³-hybridized carbons (Fsp3) is 0.800. The predicted molar refractivity (Wildman–Crippen MR) is 69.1 cm³/mol. The first kappa shape index (κ1) is 19.6. The van der Waals surface area contributed by atoms with E-state index in [2.05, 4.69) is 0 Å². The monoisotopic (exact) mass is 333 g/mol. The smallest absolute Gasteiger partial charge is 0.400 e. The van der Waals surface area contributed by atoms with Crippen LogP contribution in [-0.2, 0) is 19.3 Å². The second-order valence-corrected chi connectivity index (χ2v) is 6.89. The van der Waals surface area contributed by atoms with E-state index in [9.17, 15) is 27.0 Å². The van der Waals surface area contributed by atoms with Crippen LogP contribution < -0.4 is 11.1 Å². The molecule has 0 rings (SSSR count). The van der Waals surface area contributed by atoms with E-state index >= 15 is 0 Å². The highest BCUT2D eigenvalue weighted by atomic mass is 32.2. The number of aliphatic carboxylic acids is 1. The fourth-order valence-electron chi connectivity index (χ4n) is 1.47. The minimum absolute atomic E-state index is 0.283. The third-order valence-electron chi connectivity index (χ3n) is 2.77. The third-order valence-corrected chi connectivity index (χ3v) is 4.56. The summed E-state index contributed by atoms with van der Waals surface area (Å²) in [4.78, 5) is 21.6. The van der Waals surface area contributed by atoms with Gasteiger partial charge in [0.15, 0.2) is 0 Å². The molecule has 0 aromatic carbocycles. The molecule has 0 aliphatic rings. The van der Waals surface area contributed by atoms with Crippen LogP contribution in [0.15, 0.2) is 0 Å². The highest BCUT2D eigenvalue weighted by molar-refractivity contribution is 7.92. The molecule has 0 aromatic rings. The number of halogens is 3. The van der Waals surface area contributed by atoms with Crippen LogP contribution in [0, 0.1) is 10.7 Å². The Balaban J connectivity index is 4.65. The molecule has 21 heavy (non-hydrogen) atoms. The van der Waals surface area contributed by atoms with Crippen molar-refractivity contribution in [3.8, 4) is 0 Å². The van der Waals surface area contributed by atoms with E-state index in [0.717, 1.165) is 7.05 Å². The van der Waals surface area contributed by atoms with Gasteiger partial charge in [0, 0.05) is 28.3 Å². The molecule has 0 heterocycles. The fourth-order valence-corrected chi connectivity index (χ4v) is 2.92. The van der Waals surface area contributed by atoms with E-state index in [-0.39, 0.29) is 6.42 Å². The van der Waals surface area contributed by atoms with E-state index in [1.54, 1.807) is 0 Å². The van der Waals surface area contributed by atoms with Gasteiger partial charge in [0.2, 0.25) is 5.91 Å². The lowest BCUT2D eigenvalue weighted by atomic mass is 10.1. The molecular weight excluding hydrogens is 315 g/mol. The lowest BCUT2D eigenvalue weighted by Gasteiger charge is -2.19. The zero-order chi connectivity index (χ0) is 16.8. The van der Waals surface area contributed by atoms with Gasteiger partial charge in [0.05, 0.1) is 0 Å². The van der Waals surface area contributed by atoms with Gasteiger partial charge in [-0.2, -0.15) is 13.2 Å². The van der Waals surface area contributed by atoms with Crippen LogP contribution in [0.3, 0.4) is 0 Å². The summed E-state index contributed by atoms with van der Waals surface area (Å²) in [6.45, 7) is 0. The van der Waals surface area contributed by atoms with Crippen molar-refractivity contribution < 1.29 is 32.1 Å². The van der Waals surface area contributed by atoms with Crippen LogP contribution in [-0.4, -0.2) is 52.0 Å². The molecule has 2 unspecified atom stereocenters. The minimum atomic E-state index is -4.80. The maximum atomic E-state index is 12.6. The Bertz CT molecular complexity index is 478. The average Bonchev–Trinajstić information content (AvgIpc) is 2.33. The summed E-state index contributed by atoms with van der Waals surface area (Å²) >= 11 is 0. The zero-order valence-electron chi connectivity index (χ0n) is 11.3. The number of alkyl halides is 3. The van der Waals surface area contributed by atoms with Crippen molar-refractivity contribution in [2.75, 3.05) is 18.6 Å². The maximum Gasteiger partial charge on any atom is 0.400 e. The van der Waals surface area contributed by atoms with Crippen molar-refractivity contribution >= 4 is 21.6 Å². The molecule has 7 nitrogen and oxygen atoms in total. The Morgan fingerprint density at radius 3 is 2.19 bits per heavy atom. The normalized spacial score (nSPS) is 17.6. The van der Waals surface area contributed by atoms with Gasteiger partial charge in [-0.25, -0.2) is 4.21 Å². The molecule has 3 atom stereocenters. The number of carbonyl (C=O) groups excluding carboxylic acids is 1.